The summed E-state index contributed by atoms with van der Waals surface area (Å²) in [5.41, 5.74) is -2.56. The van der Waals surface area contributed by atoms with Crippen LogP contribution in [0.1, 0.15) is 47.0 Å². The number of benzene rings is 1. The summed E-state index contributed by atoms with van der Waals surface area (Å²) in [5.74, 6) is -0.656. The molecule has 3 rings (SSSR count). The van der Waals surface area contributed by atoms with Crippen molar-refractivity contribution in [1.29, 1.82) is 0 Å². The summed E-state index contributed by atoms with van der Waals surface area (Å²) in [5, 5.41) is 21.1. The minimum absolute atomic E-state index is 0.0592. The first kappa shape index (κ1) is 20.8. The molecule has 0 spiro atoms. The van der Waals surface area contributed by atoms with E-state index in [1.807, 2.05) is 31.2 Å². The van der Waals surface area contributed by atoms with Crippen molar-refractivity contribution >= 4 is 23.4 Å². The molecule has 0 bridgehead atoms. The number of aliphatic hydroxyl groups is 1. The van der Waals surface area contributed by atoms with E-state index in [2.05, 4.69) is 13.8 Å². The number of rotatable bonds is 3. The molecule has 1 aromatic carbocycles. The van der Waals surface area contributed by atoms with Gasteiger partial charge in [-0.15, -0.1) is 0 Å². The summed E-state index contributed by atoms with van der Waals surface area (Å²) in [6.07, 6.45) is 3.42. The topological polar surface area (TPSA) is 76.0 Å². The number of ether oxygens (including phenoxy) is 2. The standard InChI is InChI=1S/C22H28O5S/c1-14-10-11-16-20(2,3)17(12-13-21(16,4)22(14,25)18(23)24)27-19(28)26-15-8-6-5-7-9-15/h5-10,16-17,25H,11-13H2,1-4H3,(H,23,24)/t16-,17-,21-,22-/m0/s1. The molecular weight excluding hydrogens is 376 g/mol. The lowest BCUT2D eigenvalue weighted by Crippen LogP contribution is -2.65. The van der Waals surface area contributed by atoms with Crippen molar-refractivity contribution in [2.45, 2.75) is 58.7 Å². The van der Waals surface area contributed by atoms with Crippen LogP contribution in [0.4, 0.5) is 0 Å². The second kappa shape index (κ2) is 7.16. The van der Waals surface area contributed by atoms with Crippen LogP contribution in [0.2, 0.25) is 0 Å². The predicted octanol–water partition coefficient (Wildman–Crippen LogP) is 4.34. The molecule has 0 aromatic heterocycles. The molecule has 0 aliphatic heterocycles. The van der Waals surface area contributed by atoms with E-state index in [9.17, 15) is 15.0 Å². The predicted molar refractivity (Wildman–Crippen MR) is 110 cm³/mol. The first-order chi connectivity index (χ1) is 13.0. The average molecular weight is 405 g/mol. The van der Waals surface area contributed by atoms with Crippen LogP contribution in [0.15, 0.2) is 42.0 Å². The van der Waals surface area contributed by atoms with Crippen LogP contribution in [0.25, 0.3) is 0 Å². The minimum Gasteiger partial charge on any atom is -0.479 e. The summed E-state index contributed by atoms with van der Waals surface area (Å²) in [6, 6.07) is 9.22. The Morgan fingerprint density at radius 2 is 1.86 bits per heavy atom. The fourth-order valence-electron chi connectivity index (χ4n) is 5.26. The van der Waals surface area contributed by atoms with Gasteiger partial charge in [0.05, 0.1) is 0 Å². The largest absolute Gasteiger partial charge is 0.479 e. The molecule has 5 nitrogen and oxygen atoms in total. The third kappa shape index (κ3) is 3.12. The van der Waals surface area contributed by atoms with Crippen molar-refractivity contribution in [2.75, 3.05) is 0 Å². The van der Waals surface area contributed by atoms with Crippen molar-refractivity contribution in [3.05, 3.63) is 42.0 Å². The molecule has 0 heterocycles. The van der Waals surface area contributed by atoms with Crippen molar-refractivity contribution in [3.63, 3.8) is 0 Å². The molecule has 152 valence electrons. The Kier molecular flexibility index (Phi) is 5.32. The number of hydrogen-bond acceptors (Lipinski definition) is 5. The Bertz CT molecular complexity index is 802. The second-order valence-corrected chi connectivity index (χ2v) is 9.07. The lowest BCUT2D eigenvalue weighted by molar-refractivity contribution is -0.198. The highest BCUT2D eigenvalue weighted by Gasteiger charge is 2.65. The molecule has 2 aliphatic carbocycles. The van der Waals surface area contributed by atoms with E-state index in [0.717, 1.165) is 0 Å². The summed E-state index contributed by atoms with van der Waals surface area (Å²) in [6.45, 7) is 7.70. The van der Waals surface area contributed by atoms with Gasteiger partial charge in [-0.3, -0.25) is 0 Å². The molecule has 4 atom stereocenters. The number of hydrogen-bond donors (Lipinski definition) is 2. The van der Waals surface area contributed by atoms with Gasteiger partial charge in [0.2, 0.25) is 0 Å². The fourth-order valence-corrected chi connectivity index (χ4v) is 5.47. The van der Waals surface area contributed by atoms with Crippen LogP contribution in [-0.4, -0.2) is 33.1 Å². The maximum atomic E-state index is 12.1. The van der Waals surface area contributed by atoms with E-state index in [-0.39, 0.29) is 17.3 Å². The number of carboxylic acid groups (broad SMARTS) is 1. The number of allylic oxidation sites excluding steroid dienone is 1. The van der Waals surface area contributed by atoms with E-state index in [4.69, 9.17) is 21.7 Å². The molecule has 0 amide bonds. The lowest BCUT2D eigenvalue weighted by Gasteiger charge is -2.60. The molecular formula is C22H28O5S. The van der Waals surface area contributed by atoms with Crippen LogP contribution in [0.3, 0.4) is 0 Å². The zero-order valence-corrected chi connectivity index (χ0v) is 17.6. The number of carboxylic acids is 1. The third-order valence-corrected chi connectivity index (χ3v) is 7.15. The fraction of sp³-hybridized carbons (Fsp3) is 0.545. The van der Waals surface area contributed by atoms with Gasteiger partial charge in [-0.2, -0.15) is 0 Å². The highest BCUT2D eigenvalue weighted by atomic mass is 32.1. The first-order valence-electron chi connectivity index (χ1n) is 9.60. The summed E-state index contributed by atoms with van der Waals surface area (Å²) in [7, 11) is 0. The van der Waals surface area contributed by atoms with Crippen molar-refractivity contribution in [3.8, 4) is 5.75 Å². The van der Waals surface area contributed by atoms with Gasteiger partial charge in [-0.05, 0) is 49.8 Å². The van der Waals surface area contributed by atoms with E-state index < -0.39 is 22.4 Å². The van der Waals surface area contributed by atoms with Gasteiger partial charge in [0.15, 0.2) is 5.60 Å². The summed E-state index contributed by atoms with van der Waals surface area (Å²) < 4.78 is 11.6. The Hall–Kier alpha value is -1.92. The van der Waals surface area contributed by atoms with Crippen molar-refractivity contribution < 1.29 is 24.5 Å². The number of fused-ring (bicyclic) bond motifs is 1. The Morgan fingerprint density at radius 3 is 2.46 bits per heavy atom. The molecule has 28 heavy (non-hydrogen) atoms. The van der Waals surface area contributed by atoms with Gasteiger partial charge < -0.3 is 19.7 Å². The number of para-hydroxylation sites is 1. The molecule has 2 N–H and O–H groups in total. The smallest absolute Gasteiger partial charge is 0.358 e. The highest BCUT2D eigenvalue weighted by molar-refractivity contribution is 7.79. The zero-order chi connectivity index (χ0) is 20.7. The van der Waals surface area contributed by atoms with Gasteiger partial charge in [-0.1, -0.05) is 45.0 Å². The molecule has 1 aromatic rings. The van der Waals surface area contributed by atoms with Gasteiger partial charge in [0, 0.05) is 23.0 Å². The Morgan fingerprint density at radius 1 is 1.21 bits per heavy atom. The van der Waals surface area contributed by atoms with E-state index >= 15 is 0 Å². The van der Waals surface area contributed by atoms with E-state index in [1.54, 1.807) is 19.1 Å². The average Bonchev–Trinajstić information content (AvgIpc) is 2.62. The van der Waals surface area contributed by atoms with Gasteiger partial charge in [-0.25, -0.2) is 4.79 Å². The molecule has 1 fully saturated rings. The molecule has 0 saturated heterocycles. The monoisotopic (exact) mass is 404 g/mol. The van der Waals surface area contributed by atoms with Gasteiger partial charge in [0.1, 0.15) is 11.9 Å². The van der Waals surface area contributed by atoms with Crippen molar-refractivity contribution in [1.82, 2.24) is 0 Å². The van der Waals surface area contributed by atoms with Crippen LogP contribution in [0.5, 0.6) is 5.75 Å². The second-order valence-electron chi connectivity index (χ2n) is 8.74. The quantitative estimate of drug-likeness (QED) is 0.576. The highest BCUT2D eigenvalue weighted by Crippen LogP contribution is 2.61. The molecule has 2 aliphatic rings. The summed E-state index contributed by atoms with van der Waals surface area (Å²) in [4.78, 5) is 12.1. The first-order valence-corrected chi connectivity index (χ1v) is 10.0. The number of aliphatic carboxylic acids is 1. The van der Waals surface area contributed by atoms with Gasteiger partial charge in [0.25, 0.3) is 0 Å². The molecule has 6 heteroatoms. The van der Waals surface area contributed by atoms with Crippen LogP contribution in [0, 0.1) is 16.7 Å². The minimum atomic E-state index is -1.88. The van der Waals surface area contributed by atoms with Crippen LogP contribution >= 0.6 is 12.2 Å². The van der Waals surface area contributed by atoms with E-state index in [1.165, 1.54) is 0 Å². The lowest BCUT2D eigenvalue weighted by atomic mass is 9.46. The van der Waals surface area contributed by atoms with E-state index in [0.29, 0.717) is 30.6 Å². The SMILES string of the molecule is CC1=CC[C@H]2C(C)(C)[C@@H](OC(=S)Oc3ccccc3)CC[C@]2(C)[C@@]1(O)C(=O)O. The zero-order valence-electron chi connectivity index (χ0n) is 16.8. The third-order valence-electron chi connectivity index (χ3n) is 6.97. The maximum absolute atomic E-state index is 12.1. The molecule has 1 saturated carbocycles. The Labute approximate surface area is 171 Å². The van der Waals surface area contributed by atoms with Crippen LogP contribution < -0.4 is 4.74 Å². The van der Waals surface area contributed by atoms with Crippen LogP contribution in [-0.2, 0) is 9.53 Å². The summed E-state index contributed by atoms with van der Waals surface area (Å²) >= 11 is 5.30. The molecule has 0 unspecified atom stereocenters. The maximum Gasteiger partial charge on any atom is 0.358 e. The molecule has 0 radical (unpaired) electrons. The Balaban J connectivity index is 1.83. The van der Waals surface area contributed by atoms with Gasteiger partial charge >= 0.3 is 11.2 Å². The van der Waals surface area contributed by atoms with Crippen molar-refractivity contribution in [2.24, 2.45) is 16.7 Å². The number of thiocarbonyl (C=S) groups is 1. The number of carbonyl (C=O) groups is 1. The normalized spacial score (nSPS) is 34.0.